The van der Waals surface area contributed by atoms with Gasteiger partial charge in [0.25, 0.3) is 0 Å². The summed E-state index contributed by atoms with van der Waals surface area (Å²) in [6.07, 6.45) is 0. The maximum absolute atomic E-state index is 5.09. The van der Waals surface area contributed by atoms with Gasteiger partial charge in [0, 0.05) is 0 Å². The lowest BCUT2D eigenvalue weighted by Crippen LogP contribution is -2.27. The van der Waals surface area contributed by atoms with Gasteiger partial charge < -0.3 is 0 Å². The Kier molecular flexibility index (Phi) is 6.31. The van der Waals surface area contributed by atoms with Crippen molar-refractivity contribution in [2.45, 2.75) is 52.7 Å². The normalized spacial score (nSPS) is 11.8. The zero-order valence-corrected chi connectivity index (χ0v) is 9.23. The number of hydrogen-bond donors (Lipinski definition) is 0. The molecule has 0 saturated heterocycles. The van der Waals surface area contributed by atoms with E-state index in [0.29, 0.717) is 0 Å². The van der Waals surface area contributed by atoms with Gasteiger partial charge in [0.1, 0.15) is 0 Å². The Bertz CT molecular complexity index is 92.0. The molecule has 2 heteroatoms. The van der Waals surface area contributed by atoms with Crippen molar-refractivity contribution in [3.05, 3.63) is 13.2 Å². The highest BCUT2D eigenvalue weighted by Gasteiger charge is 2.18. The van der Waals surface area contributed by atoms with E-state index in [-0.39, 0.29) is 11.2 Å². The molecule has 0 bridgehead atoms. The second kappa shape index (κ2) is 5.33. The number of rotatable bonds is 1. The average Bonchev–Trinajstić information content (AvgIpc) is 1.86. The molecule has 0 fully saturated rings. The van der Waals surface area contributed by atoms with E-state index in [1.807, 2.05) is 41.5 Å². The molecule has 0 aliphatic heterocycles. The van der Waals surface area contributed by atoms with E-state index in [0.717, 1.165) is 0 Å². The summed E-state index contributed by atoms with van der Waals surface area (Å²) >= 11 is 0. The van der Waals surface area contributed by atoms with Crippen molar-refractivity contribution >= 4 is 0 Å². The molecule has 0 aromatic heterocycles. The van der Waals surface area contributed by atoms with Crippen molar-refractivity contribution in [3.8, 4) is 0 Å². The van der Waals surface area contributed by atoms with Crippen LogP contribution in [0.25, 0.3) is 0 Å². The molecule has 0 atom stereocenters. The van der Waals surface area contributed by atoms with Crippen LogP contribution in [0, 0.1) is 0 Å². The molecule has 0 rings (SSSR count). The fraction of sp³-hybridized carbons (Fsp3) is 0.800. The van der Waals surface area contributed by atoms with Gasteiger partial charge in [-0.15, -0.1) is 13.2 Å². The van der Waals surface area contributed by atoms with Gasteiger partial charge in [-0.3, -0.25) is 0 Å². The van der Waals surface area contributed by atoms with Crippen molar-refractivity contribution in [1.82, 2.24) is 0 Å². The predicted octanol–water partition coefficient (Wildman–Crippen LogP) is 3.33. The van der Waals surface area contributed by atoms with Gasteiger partial charge >= 0.3 is 0 Å². The molecule has 0 N–H and O–H groups in total. The van der Waals surface area contributed by atoms with Crippen LogP contribution < -0.4 is 0 Å². The first kappa shape index (κ1) is 14.2. The minimum absolute atomic E-state index is 0.215. The second-order valence-electron chi connectivity index (χ2n) is 4.39. The molecule has 0 aliphatic rings. The molecule has 0 aromatic carbocycles. The highest BCUT2D eigenvalue weighted by molar-refractivity contribution is 4.58. The van der Waals surface area contributed by atoms with Gasteiger partial charge in [-0.25, -0.2) is 9.78 Å². The highest BCUT2D eigenvalue weighted by atomic mass is 17.2. The summed E-state index contributed by atoms with van der Waals surface area (Å²) in [6.45, 7) is 17.7. The van der Waals surface area contributed by atoms with Gasteiger partial charge in [-0.1, -0.05) is 0 Å². The monoisotopic (exact) mass is 174 g/mol. The number of hydrogen-bond acceptors (Lipinski definition) is 2. The van der Waals surface area contributed by atoms with Crippen LogP contribution in [-0.4, -0.2) is 11.2 Å². The minimum atomic E-state index is -0.215. The SMILES string of the molecule is C=C.CC(C)(C)OOC(C)(C)C. The molecule has 0 radical (unpaired) electrons. The smallest absolute Gasteiger partial charge is 0.0952 e. The van der Waals surface area contributed by atoms with Crippen LogP contribution >= 0.6 is 0 Å². The molecule has 74 valence electrons. The van der Waals surface area contributed by atoms with E-state index in [2.05, 4.69) is 13.2 Å². The second-order valence-corrected chi connectivity index (χ2v) is 4.39. The maximum atomic E-state index is 5.09. The summed E-state index contributed by atoms with van der Waals surface area (Å²) in [4.78, 5) is 10.2. The van der Waals surface area contributed by atoms with Crippen LogP contribution in [0.3, 0.4) is 0 Å². The third-order valence-corrected chi connectivity index (χ3v) is 0.542. The Balaban J connectivity index is 0. The molecular weight excluding hydrogens is 152 g/mol. The van der Waals surface area contributed by atoms with Gasteiger partial charge in [0.2, 0.25) is 0 Å². The molecule has 0 saturated carbocycles. The molecule has 0 aliphatic carbocycles. The Morgan fingerprint density at radius 3 is 0.917 bits per heavy atom. The molecule has 0 unspecified atom stereocenters. The first-order chi connectivity index (χ1) is 5.21. The lowest BCUT2D eigenvalue weighted by molar-refractivity contribution is -0.393. The van der Waals surface area contributed by atoms with Crippen LogP contribution in [0.2, 0.25) is 0 Å². The van der Waals surface area contributed by atoms with E-state index in [9.17, 15) is 0 Å². The van der Waals surface area contributed by atoms with E-state index in [1.54, 1.807) is 0 Å². The topological polar surface area (TPSA) is 18.5 Å². The fourth-order valence-corrected chi connectivity index (χ4v) is 0.250. The van der Waals surface area contributed by atoms with E-state index in [1.165, 1.54) is 0 Å². The maximum Gasteiger partial charge on any atom is 0.0952 e. The summed E-state index contributed by atoms with van der Waals surface area (Å²) in [5.74, 6) is 0. The van der Waals surface area contributed by atoms with Crippen LogP contribution in [-0.2, 0) is 9.78 Å². The van der Waals surface area contributed by atoms with Gasteiger partial charge in [0.15, 0.2) is 0 Å². The lowest BCUT2D eigenvalue weighted by atomic mass is 10.2. The molecule has 0 heterocycles. The largest absolute Gasteiger partial charge is 0.230 e. The first-order valence-electron chi connectivity index (χ1n) is 4.07. The van der Waals surface area contributed by atoms with Crippen LogP contribution in [0.5, 0.6) is 0 Å². The quantitative estimate of drug-likeness (QED) is 0.345. The van der Waals surface area contributed by atoms with Crippen LogP contribution in [0.1, 0.15) is 41.5 Å². The Morgan fingerprint density at radius 1 is 0.667 bits per heavy atom. The fourth-order valence-electron chi connectivity index (χ4n) is 0.250. The van der Waals surface area contributed by atoms with Crippen molar-refractivity contribution < 1.29 is 9.78 Å². The Hall–Kier alpha value is -0.340. The average molecular weight is 174 g/mol. The molecule has 0 amide bonds. The Labute approximate surface area is 76.5 Å². The summed E-state index contributed by atoms with van der Waals surface area (Å²) in [5, 5.41) is 0. The Morgan fingerprint density at radius 2 is 0.833 bits per heavy atom. The van der Waals surface area contributed by atoms with Crippen LogP contribution in [0.15, 0.2) is 13.2 Å². The van der Waals surface area contributed by atoms with Crippen molar-refractivity contribution in [2.24, 2.45) is 0 Å². The molecule has 2 nitrogen and oxygen atoms in total. The van der Waals surface area contributed by atoms with E-state index >= 15 is 0 Å². The van der Waals surface area contributed by atoms with Crippen LogP contribution in [0.4, 0.5) is 0 Å². The van der Waals surface area contributed by atoms with Crippen molar-refractivity contribution in [1.29, 1.82) is 0 Å². The summed E-state index contributed by atoms with van der Waals surface area (Å²) in [7, 11) is 0. The molecule has 0 spiro atoms. The summed E-state index contributed by atoms with van der Waals surface area (Å²) in [6, 6.07) is 0. The van der Waals surface area contributed by atoms with E-state index < -0.39 is 0 Å². The zero-order chi connectivity index (χ0) is 10.4. The lowest BCUT2D eigenvalue weighted by Gasteiger charge is -2.24. The van der Waals surface area contributed by atoms with Gasteiger partial charge in [-0.2, -0.15) is 0 Å². The summed E-state index contributed by atoms with van der Waals surface area (Å²) in [5.41, 5.74) is -0.430. The standard InChI is InChI=1S/C8H18O2.C2H4/c1-7(2,3)9-10-8(4,5)6;1-2/h1-6H3;1-2H2. The summed E-state index contributed by atoms with van der Waals surface area (Å²) < 4.78 is 0. The van der Waals surface area contributed by atoms with Gasteiger partial charge in [0.05, 0.1) is 11.2 Å². The third kappa shape index (κ3) is 16.3. The predicted molar refractivity (Wildman–Crippen MR) is 52.9 cm³/mol. The molecular formula is C10H22O2. The highest BCUT2D eigenvalue weighted by Crippen LogP contribution is 2.14. The molecule has 12 heavy (non-hydrogen) atoms. The van der Waals surface area contributed by atoms with E-state index in [4.69, 9.17) is 9.78 Å². The molecule has 0 aromatic rings. The third-order valence-electron chi connectivity index (χ3n) is 0.542. The first-order valence-corrected chi connectivity index (χ1v) is 4.07. The van der Waals surface area contributed by atoms with Gasteiger partial charge in [-0.05, 0) is 41.5 Å². The van der Waals surface area contributed by atoms with Crippen molar-refractivity contribution in [3.63, 3.8) is 0 Å². The van der Waals surface area contributed by atoms with Crippen molar-refractivity contribution in [2.75, 3.05) is 0 Å². The minimum Gasteiger partial charge on any atom is -0.230 e. The zero-order valence-electron chi connectivity index (χ0n) is 9.23.